The molecular formula is C19H18F2N2O4S. The maximum Gasteiger partial charge on any atom is 0.272 e. The fourth-order valence-corrected chi connectivity index (χ4v) is 3.86. The summed E-state index contributed by atoms with van der Waals surface area (Å²) in [6.45, 7) is -0.133. The normalized spacial score (nSPS) is 18.3. The maximum atomic E-state index is 13.1. The highest BCUT2D eigenvalue weighted by Crippen LogP contribution is 2.48. The Morgan fingerprint density at radius 2 is 1.96 bits per heavy atom. The van der Waals surface area contributed by atoms with Gasteiger partial charge in [-0.2, -0.15) is 0 Å². The summed E-state index contributed by atoms with van der Waals surface area (Å²) in [6, 6.07) is 6.13. The van der Waals surface area contributed by atoms with Crippen LogP contribution in [0.3, 0.4) is 0 Å². The van der Waals surface area contributed by atoms with Gasteiger partial charge in [0, 0.05) is 36.9 Å². The van der Waals surface area contributed by atoms with Crippen molar-refractivity contribution in [2.45, 2.75) is 23.7 Å². The molecule has 1 aliphatic rings. The summed E-state index contributed by atoms with van der Waals surface area (Å²) in [4.78, 5) is 17.5. The third-order valence-electron chi connectivity index (χ3n) is 4.93. The van der Waals surface area contributed by atoms with Crippen LogP contribution in [0.5, 0.6) is 5.75 Å². The average Bonchev–Trinajstić information content (AvgIpc) is 3.03. The molecule has 1 fully saturated rings. The molecule has 1 atom stereocenters. The summed E-state index contributed by atoms with van der Waals surface area (Å²) < 4.78 is 55.7. The average molecular weight is 408 g/mol. The van der Waals surface area contributed by atoms with Crippen LogP contribution in [0.2, 0.25) is 0 Å². The van der Waals surface area contributed by atoms with Crippen molar-refractivity contribution in [3.8, 4) is 5.75 Å². The molecule has 1 saturated carbocycles. The Bertz CT molecular complexity index is 1210. The smallest absolute Gasteiger partial charge is 0.272 e. The molecule has 2 aromatic heterocycles. The molecule has 0 saturated heterocycles. The third kappa shape index (κ3) is 3.54. The van der Waals surface area contributed by atoms with E-state index in [-0.39, 0.29) is 29.9 Å². The van der Waals surface area contributed by atoms with Gasteiger partial charge in [0.05, 0.1) is 17.4 Å². The topological polar surface area (TPSA) is 92.0 Å². The van der Waals surface area contributed by atoms with Crippen LogP contribution in [0.4, 0.5) is 8.78 Å². The number of aromatic nitrogens is 2. The maximum absolute atomic E-state index is 13.1. The number of benzene rings is 1. The van der Waals surface area contributed by atoms with Gasteiger partial charge < -0.3 is 14.7 Å². The van der Waals surface area contributed by atoms with E-state index in [1.165, 1.54) is 24.4 Å². The van der Waals surface area contributed by atoms with Gasteiger partial charge in [0.15, 0.2) is 9.84 Å². The molecule has 2 N–H and O–H groups in total. The number of halogens is 2. The van der Waals surface area contributed by atoms with Crippen LogP contribution in [-0.2, 0) is 16.3 Å². The minimum atomic E-state index is -3.45. The first-order valence-corrected chi connectivity index (χ1v) is 10.6. The van der Waals surface area contributed by atoms with Crippen molar-refractivity contribution in [2.75, 3.05) is 12.9 Å². The number of fused-ring (bicyclic) bond motifs is 1. The molecule has 0 spiro atoms. The van der Waals surface area contributed by atoms with Gasteiger partial charge in [0.2, 0.25) is 0 Å². The second kappa shape index (κ2) is 6.44. The number of hydrogen-bond donors (Lipinski definition) is 2. The number of alkyl halides is 2. The van der Waals surface area contributed by atoms with E-state index in [2.05, 4.69) is 9.97 Å². The first kappa shape index (κ1) is 18.7. The fraction of sp³-hybridized carbons (Fsp3) is 0.316. The second-order valence-electron chi connectivity index (χ2n) is 7.10. The van der Waals surface area contributed by atoms with Crippen LogP contribution in [0.15, 0.2) is 46.3 Å². The minimum absolute atomic E-state index is 0.115. The molecular weight excluding hydrogens is 390 g/mol. The number of sulfone groups is 1. The predicted octanol–water partition coefficient (Wildman–Crippen LogP) is 2.88. The van der Waals surface area contributed by atoms with Crippen LogP contribution in [0.1, 0.15) is 17.5 Å². The zero-order chi connectivity index (χ0) is 20.1. The Hall–Kier alpha value is -2.68. The monoisotopic (exact) mass is 408 g/mol. The highest BCUT2D eigenvalue weighted by molar-refractivity contribution is 7.90. The molecule has 148 valence electrons. The lowest BCUT2D eigenvalue weighted by Crippen LogP contribution is -2.08. The summed E-state index contributed by atoms with van der Waals surface area (Å²) in [5.74, 6) is -3.15. The van der Waals surface area contributed by atoms with Gasteiger partial charge in [-0.25, -0.2) is 17.2 Å². The SMILES string of the molecule is CS(=O)(=O)c1ccc(OCC2CC2(F)F)c(Cc2c[nH]c3c(=O)[nH]ccc23)c1. The van der Waals surface area contributed by atoms with Gasteiger partial charge in [0.1, 0.15) is 11.3 Å². The molecule has 0 bridgehead atoms. The van der Waals surface area contributed by atoms with Gasteiger partial charge >= 0.3 is 0 Å². The van der Waals surface area contributed by atoms with Crippen LogP contribution in [0, 0.1) is 5.92 Å². The van der Waals surface area contributed by atoms with Crippen LogP contribution >= 0.6 is 0 Å². The molecule has 0 aliphatic heterocycles. The Balaban J connectivity index is 1.69. The molecule has 2 heterocycles. The standard InChI is InChI=1S/C19H18F2N2O4S/c1-28(25,26)14-2-3-16(27-10-13-8-19(13,20)21)11(7-14)6-12-9-23-17-15(12)4-5-22-18(17)24/h2-5,7,9,13,23H,6,8,10H2,1H3,(H,22,24). The molecule has 9 heteroatoms. The second-order valence-corrected chi connectivity index (χ2v) is 9.12. The summed E-state index contributed by atoms with van der Waals surface area (Å²) in [7, 11) is -3.45. The van der Waals surface area contributed by atoms with Gasteiger partial charge in [-0.1, -0.05) is 0 Å². The van der Waals surface area contributed by atoms with Crippen molar-refractivity contribution >= 4 is 20.7 Å². The number of rotatable bonds is 6. The zero-order valence-electron chi connectivity index (χ0n) is 15.0. The Labute approximate surface area is 159 Å². The highest BCUT2D eigenvalue weighted by Gasteiger charge is 2.57. The van der Waals surface area contributed by atoms with E-state index < -0.39 is 21.7 Å². The third-order valence-corrected chi connectivity index (χ3v) is 6.04. The Morgan fingerprint density at radius 1 is 1.21 bits per heavy atom. The Morgan fingerprint density at radius 3 is 2.64 bits per heavy atom. The van der Waals surface area contributed by atoms with Gasteiger partial charge in [0.25, 0.3) is 11.5 Å². The first-order valence-electron chi connectivity index (χ1n) is 8.66. The van der Waals surface area contributed by atoms with Crippen molar-refractivity contribution in [1.29, 1.82) is 0 Å². The lowest BCUT2D eigenvalue weighted by Gasteiger charge is -2.13. The molecule has 28 heavy (non-hydrogen) atoms. The molecule has 1 unspecified atom stereocenters. The predicted molar refractivity (Wildman–Crippen MR) is 99.8 cm³/mol. The molecule has 6 nitrogen and oxygen atoms in total. The van der Waals surface area contributed by atoms with E-state index in [0.29, 0.717) is 22.2 Å². The molecule has 1 aromatic carbocycles. The van der Waals surface area contributed by atoms with Crippen LogP contribution in [0.25, 0.3) is 10.9 Å². The van der Waals surface area contributed by atoms with Crippen LogP contribution in [-0.4, -0.2) is 37.2 Å². The summed E-state index contributed by atoms with van der Waals surface area (Å²) in [5.41, 5.74) is 1.47. The minimum Gasteiger partial charge on any atom is -0.493 e. The largest absolute Gasteiger partial charge is 0.493 e. The number of ether oxygens (including phenoxy) is 1. The Kier molecular flexibility index (Phi) is 4.29. The summed E-state index contributed by atoms with van der Waals surface area (Å²) in [5, 5.41) is 0.702. The van der Waals surface area contributed by atoms with E-state index in [4.69, 9.17) is 4.74 Å². The zero-order valence-corrected chi connectivity index (χ0v) is 15.8. The summed E-state index contributed by atoms with van der Waals surface area (Å²) in [6.07, 6.45) is 4.38. The van der Waals surface area contributed by atoms with Crippen LogP contribution < -0.4 is 10.3 Å². The van der Waals surface area contributed by atoms with E-state index in [1.807, 2.05) is 0 Å². The summed E-state index contributed by atoms with van der Waals surface area (Å²) >= 11 is 0. The molecule has 4 rings (SSSR count). The van der Waals surface area contributed by atoms with Gasteiger partial charge in [-0.05, 0) is 35.4 Å². The van der Waals surface area contributed by atoms with Crippen molar-refractivity contribution in [3.05, 3.63) is 58.1 Å². The number of nitrogens with one attached hydrogen (secondary N) is 2. The van der Waals surface area contributed by atoms with Crippen molar-refractivity contribution in [3.63, 3.8) is 0 Å². The number of aromatic amines is 2. The number of H-pyrrole nitrogens is 2. The van der Waals surface area contributed by atoms with Crippen molar-refractivity contribution in [2.24, 2.45) is 5.92 Å². The van der Waals surface area contributed by atoms with Gasteiger partial charge in [-0.3, -0.25) is 4.79 Å². The fourth-order valence-electron chi connectivity index (χ4n) is 3.18. The molecule has 0 radical (unpaired) electrons. The number of pyridine rings is 1. The lowest BCUT2D eigenvalue weighted by atomic mass is 10.0. The van der Waals surface area contributed by atoms with E-state index >= 15 is 0 Å². The first-order chi connectivity index (χ1) is 13.1. The van der Waals surface area contributed by atoms with Gasteiger partial charge in [-0.15, -0.1) is 0 Å². The highest BCUT2D eigenvalue weighted by atomic mass is 32.2. The molecule has 1 aliphatic carbocycles. The molecule has 0 amide bonds. The van der Waals surface area contributed by atoms with Crippen molar-refractivity contribution < 1.29 is 21.9 Å². The van der Waals surface area contributed by atoms with E-state index in [9.17, 15) is 22.0 Å². The lowest BCUT2D eigenvalue weighted by molar-refractivity contribution is 0.0855. The quantitative estimate of drug-likeness (QED) is 0.656. The van der Waals surface area contributed by atoms with Crippen molar-refractivity contribution in [1.82, 2.24) is 9.97 Å². The van der Waals surface area contributed by atoms with E-state index in [1.54, 1.807) is 12.3 Å². The molecule has 3 aromatic rings. The number of hydrogen-bond acceptors (Lipinski definition) is 4. The van der Waals surface area contributed by atoms with E-state index in [0.717, 1.165) is 11.8 Å².